The molecule has 1 aliphatic rings. The summed E-state index contributed by atoms with van der Waals surface area (Å²) in [6.07, 6.45) is 10.5. The van der Waals surface area contributed by atoms with Gasteiger partial charge in [-0.2, -0.15) is 0 Å². The van der Waals surface area contributed by atoms with Gasteiger partial charge in [0.15, 0.2) is 5.96 Å². The van der Waals surface area contributed by atoms with Gasteiger partial charge < -0.3 is 10.6 Å². The summed E-state index contributed by atoms with van der Waals surface area (Å²) < 4.78 is 24.4. The van der Waals surface area contributed by atoms with E-state index in [1.807, 2.05) is 0 Å². The summed E-state index contributed by atoms with van der Waals surface area (Å²) >= 11 is 0. The van der Waals surface area contributed by atoms with E-state index < -0.39 is 10.0 Å². The van der Waals surface area contributed by atoms with Crippen molar-refractivity contribution >= 4 is 16.0 Å². The number of sulfonamides is 1. The number of nitrogens with zero attached hydrogens (tertiary/aromatic N) is 1. The molecule has 0 aromatic rings. The molecule has 0 bridgehead atoms. The van der Waals surface area contributed by atoms with Crippen LogP contribution in [0, 0.1) is 5.92 Å². The Morgan fingerprint density at radius 3 is 2.50 bits per heavy atom. The Morgan fingerprint density at radius 1 is 1.23 bits per heavy atom. The Morgan fingerprint density at radius 2 is 1.91 bits per heavy atom. The maximum Gasteiger partial charge on any atom is 0.208 e. The molecule has 0 aliphatic heterocycles. The van der Waals surface area contributed by atoms with Crippen LogP contribution in [-0.4, -0.2) is 46.8 Å². The Bertz CT molecular complexity index is 431. The summed E-state index contributed by atoms with van der Waals surface area (Å²) in [4.78, 5) is 4.17. The van der Waals surface area contributed by atoms with E-state index in [9.17, 15) is 8.42 Å². The van der Waals surface area contributed by atoms with Gasteiger partial charge in [-0.1, -0.05) is 32.1 Å². The second kappa shape index (κ2) is 10.0. The lowest BCUT2D eigenvalue weighted by atomic mass is 9.85. The van der Waals surface area contributed by atoms with Crippen molar-refractivity contribution in [1.29, 1.82) is 0 Å². The van der Waals surface area contributed by atoms with Gasteiger partial charge in [-0.3, -0.25) is 4.99 Å². The van der Waals surface area contributed by atoms with Crippen molar-refractivity contribution in [2.75, 3.05) is 26.4 Å². The van der Waals surface area contributed by atoms with Crippen LogP contribution >= 0.6 is 0 Å². The summed E-state index contributed by atoms with van der Waals surface area (Å²) in [5.74, 6) is 1.62. The predicted molar refractivity (Wildman–Crippen MR) is 92.6 cm³/mol. The second-order valence-corrected chi connectivity index (χ2v) is 8.13. The Labute approximate surface area is 135 Å². The molecule has 1 unspecified atom stereocenters. The molecule has 1 fully saturated rings. The predicted octanol–water partition coefficient (Wildman–Crippen LogP) is 1.45. The van der Waals surface area contributed by atoms with E-state index in [0.717, 1.165) is 24.6 Å². The fourth-order valence-corrected chi connectivity index (χ4v) is 3.35. The molecule has 0 radical (unpaired) electrons. The van der Waals surface area contributed by atoms with Gasteiger partial charge in [-0.25, -0.2) is 13.1 Å². The molecule has 22 heavy (non-hydrogen) atoms. The summed E-state index contributed by atoms with van der Waals surface area (Å²) in [6.45, 7) is 3.04. The molecule has 0 heterocycles. The van der Waals surface area contributed by atoms with E-state index in [2.05, 4.69) is 27.3 Å². The molecule has 0 spiro atoms. The molecule has 1 aliphatic carbocycles. The van der Waals surface area contributed by atoms with Gasteiger partial charge in [0.25, 0.3) is 0 Å². The average Bonchev–Trinajstić information content (AvgIpc) is 2.48. The fraction of sp³-hybridized carbons (Fsp3) is 0.933. The molecular weight excluding hydrogens is 300 g/mol. The van der Waals surface area contributed by atoms with Crippen molar-refractivity contribution < 1.29 is 8.42 Å². The largest absolute Gasteiger partial charge is 0.355 e. The van der Waals surface area contributed by atoms with Crippen molar-refractivity contribution in [3.8, 4) is 0 Å². The molecule has 0 amide bonds. The molecule has 0 aromatic heterocycles. The first kappa shape index (κ1) is 19.2. The highest BCUT2D eigenvalue weighted by molar-refractivity contribution is 7.88. The van der Waals surface area contributed by atoms with Crippen LogP contribution in [0.4, 0.5) is 0 Å². The zero-order chi connectivity index (χ0) is 16.4. The first-order valence-electron chi connectivity index (χ1n) is 8.32. The Balaban J connectivity index is 2.18. The van der Waals surface area contributed by atoms with Gasteiger partial charge in [0.2, 0.25) is 10.0 Å². The summed E-state index contributed by atoms with van der Waals surface area (Å²) in [7, 11) is -1.39. The first-order valence-corrected chi connectivity index (χ1v) is 10.2. The van der Waals surface area contributed by atoms with Crippen LogP contribution < -0.4 is 15.4 Å². The first-order chi connectivity index (χ1) is 10.4. The van der Waals surface area contributed by atoms with Crippen molar-refractivity contribution in [3.63, 3.8) is 0 Å². The number of nitrogens with one attached hydrogen (secondary N) is 3. The van der Waals surface area contributed by atoms with Crippen molar-refractivity contribution in [2.45, 2.75) is 57.9 Å². The lowest BCUT2D eigenvalue weighted by Crippen LogP contribution is -2.44. The minimum atomic E-state index is -3.12. The smallest absolute Gasteiger partial charge is 0.208 e. The Kier molecular flexibility index (Phi) is 8.78. The van der Waals surface area contributed by atoms with Crippen molar-refractivity contribution in [3.05, 3.63) is 0 Å². The topological polar surface area (TPSA) is 82.6 Å². The molecule has 1 atom stereocenters. The summed E-state index contributed by atoms with van der Waals surface area (Å²) in [5, 5.41) is 6.49. The molecule has 1 saturated carbocycles. The highest BCUT2D eigenvalue weighted by Gasteiger charge is 2.14. The van der Waals surface area contributed by atoms with Crippen molar-refractivity contribution in [2.24, 2.45) is 10.9 Å². The van der Waals surface area contributed by atoms with Gasteiger partial charge in [-0.05, 0) is 25.7 Å². The monoisotopic (exact) mass is 332 g/mol. The third-order valence-electron chi connectivity index (χ3n) is 4.12. The van der Waals surface area contributed by atoms with Crippen molar-refractivity contribution in [1.82, 2.24) is 15.4 Å². The number of guanidine groups is 1. The minimum Gasteiger partial charge on any atom is -0.355 e. The normalized spacial score (nSPS) is 19.0. The highest BCUT2D eigenvalue weighted by Crippen LogP contribution is 2.27. The van der Waals surface area contributed by atoms with Crippen LogP contribution in [0.2, 0.25) is 0 Å². The zero-order valence-electron chi connectivity index (χ0n) is 14.2. The molecule has 130 valence electrons. The van der Waals surface area contributed by atoms with Crippen LogP contribution in [0.3, 0.4) is 0 Å². The lowest BCUT2D eigenvalue weighted by Gasteiger charge is -2.24. The maximum atomic E-state index is 11.0. The number of hydrogen-bond donors (Lipinski definition) is 3. The van der Waals surface area contributed by atoms with Gasteiger partial charge in [0.1, 0.15) is 0 Å². The van der Waals surface area contributed by atoms with Gasteiger partial charge >= 0.3 is 0 Å². The lowest BCUT2D eigenvalue weighted by molar-refractivity contribution is 0.322. The average molecular weight is 333 g/mol. The molecule has 0 saturated heterocycles. The summed E-state index contributed by atoms with van der Waals surface area (Å²) in [6, 6.07) is 0.371. The van der Waals surface area contributed by atoms with Gasteiger partial charge in [0.05, 0.1) is 6.26 Å². The quantitative estimate of drug-likeness (QED) is 0.357. The highest BCUT2D eigenvalue weighted by atomic mass is 32.2. The number of hydrogen-bond acceptors (Lipinski definition) is 3. The van der Waals surface area contributed by atoms with E-state index in [-0.39, 0.29) is 0 Å². The molecular formula is C15H32N4O2S. The van der Waals surface area contributed by atoms with E-state index in [0.29, 0.717) is 19.1 Å². The molecule has 3 N–H and O–H groups in total. The standard InChI is InChI=1S/C15H32N4O2S/c1-13(9-10-14-7-5-4-6-8-14)19-15(16-2)17-11-12-18-22(3,20)21/h13-14,18H,4-12H2,1-3H3,(H2,16,17,19). The minimum absolute atomic E-state index is 0.357. The molecule has 0 aromatic carbocycles. The number of rotatable bonds is 8. The fourth-order valence-electron chi connectivity index (χ4n) is 2.88. The molecule has 6 nitrogen and oxygen atoms in total. The third kappa shape index (κ3) is 9.25. The molecule has 1 rings (SSSR count). The number of aliphatic imine (C=N–C) groups is 1. The van der Waals surface area contributed by atoms with Gasteiger partial charge in [-0.15, -0.1) is 0 Å². The third-order valence-corrected chi connectivity index (χ3v) is 4.85. The van der Waals surface area contributed by atoms with E-state index in [4.69, 9.17) is 0 Å². The van der Waals surface area contributed by atoms with E-state index in [1.165, 1.54) is 38.5 Å². The van der Waals surface area contributed by atoms with Crippen LogP contribution in [0.15, 0.2) is 4.99 Å². The van der Waals surface area contributed by atoms with E-state index in [1.54, 1.807) is 7.05 Å². The summed E-state index contributed by atoms with van der Waals surface area (Å²) in [5.41, 5.74) is 0. The molecule has 7 heteroatoms. The maximum absolute atomic E-state index is 11.0. The van der Waals surface area contributed by atoms with Gasteiger partial charge in [0, 0.05) is 26.2 Å². The van der Waals surface area contributed by atoms with E-state index >= 15 is 0 Å². The van der Waals surface area contributed by atoms with Crippen LogP contribution in [0.5, 0.6) is 0 Å². The van der Waals surface area contributed by atoms with Crippen LogP contribution in [-0.2, 0) is 10.0 Å². The van der Waals surface area contributed by atoms with Crippen LogP contribution in [0.1, 0.15) is 51.9 Å². The van der Waals surface area contributed by atoms with Crippen LogP contribution in [0.25, 0.3) is 0 Å². The Hall–Kier alpha value is -0.820. The SMILES string of the molecule is CN=C(NCCNS(C)(=O)=O)NC(C)CCC1CCCCC1. The zero-order valence-corrected chi connectivity index (χ0v) is 15.0. The second-order valence-electron chi connectivity index (χ2n) is 6.29.